The molecule has 2 N–H and O–H groups in total. The van der Waals surface area contributed by atoms with Gasteiger partial charge in [-0.1, -0.05) is 0 Å². The van der Waals surface area contributed by atoms with Crippen molar-refractivity contribution in [2.45, 2.75) is 31.6 Å². The van der Waals surface area contributed by atoms with Crippen LogP contribution >= 0.6 is 0 Å². The first-order chi connectivity index (χ1) is 7.20. The van der Waals surface area contributed by atoms with Gasteiger partial charge in [-0.3, -0.25) is 15.0 Å². The lowest BCUT2D eigenvalue weighted by molar-refractivity contribution is -0.123. The standard InChI is InChI=1S/C9H14N2O4/c12-5-6-1-2-8(15-6)11-4-3-7(13)10-9(11)14/h6,8,12H,1-5H2,(H,10,13,14)/t6-,8+/m1/s1. The summed E-state index contributed by atoms with van der Waals surface area (Å²) in [6.07, 6.45) is 1.30. The van der Waals surface area contributed by atoms with Gasteiger partial charge in [0.05, 0.1) is 12.7 Å². The summed E-state index contributed by atoms with van der Waals surface area (Å²) >= 11 is 0. The van der Waals surface area contributed by atoms with Crippen molar-refractivity contribution in [3.63, 3.8) is 0 Å². The highest BCUT2D eigenvalue weighted by molar-refractivity contribution is 5.96. The van der Waals surface area contributed by atoms with E-state index in [0.29, 0.717) is 19.4 Å². The maximum atomic E-state index is 11.4. The second-order valence-corrected chi connectivity index (χ2v) is 3.77. The molecule has 0 radical (unpaired) electrons. The van der Waals surface area contributed by atoms with E-state index in [4.69, 9.17) is 9.84 Å². The van der Waals surface area contributed by atoms with Crippen molar-refractivity contribution in [2.24, 2.45) is 0 Å². The number of aliphatic hydroxyl groups excluding tert-OH is 1. The molecule has 2 fully saturated rings. The van der Waals surface area contributed by atoms with Crippen LogP contribution in [0.3, 0.4) is 0 Å². The molecule has 0 aromatic heterocycles. The van der Waals surface area contributed by atoms with Gasteiger partial charge < -0.3 is 9.84 Å². The molecule has 84 valence electrons. The van der Waals surface area contributed by atoms with Gasteiger partial charge in [-0.15, -0.1) is 0 Å². The summed E-state index contributed by atoms with van der Waals surface area (Å²) in [4.78, 5) is 23.9. The minimum absolute atomic E-state index is 0.0229. The number of imide groups is 1. The molecule has 0 aromatic rings. The fourth-order valence-electron chi connectivity index (χ4n) is 1.90. The maximum absolute atomic E-state index is 11.4. The number of urea groups is 1. The zero-order valence-electron chi connectivity index (χ0n) is 8.31. The first kappa shape index (κ1) is 10.4. The molecule has 15 heavy (non-hydrogen) atoms. The molecule has 0 spiro atoms. The third-order valence-corrected chi connectivity index (χ3v) is 2.72. The van der Waals surface area contributed by atoms with E-state index in [2.05, 4.69) is 5.32 Å². The van der Waals surface area contributed by atoms with Crippen LogP contribution in [-0.4, -0.2) is 47.4 Å². The SMILES string of the molecule is O=C1CCN([C@@H]2CC[C@H](CO)O2)C(=O)N1. The summed E-state index contributed by atoms with van der Waals surface area (Å²) < 4.78 is 5.46. The van der Waals surface area contributed by atoms with Gasteiger partial charge in [0.1, 0.15) is 6.23 Å². The average molecular weight is 214 g/mol. The highest BCUT2D eigenvalue weighted by atomic mass is 16.5. The Balaban J connectivity index is 1.94. The molecule has 6 nitrogen and oxygen atoms in total. The van der Waals surface area contributed by atoms with Crippen molar-refractivity contribution in [1.82, 2.24) is 10.2 Å². The number of rotatable bonds is 2. The summed E-state index contributed by atoms with van der Waals surface area (Å²) in [5.74, 6) is -0.243. The number of hydrogen-bond donors (Lipinski definition) is 2. The molecule has 6 heteroatoms. The fourth-order valence-corrected chi connectivity index (χ4v) is 1.90. The molecular weight excluding hydrogens is 200 g/mol. The maximum Gasteiger partial charge on any atom is 0.326 e. The van der Waals surface area contributed by atoms with Crippen molar-refractivity contribution in [2.75, 3.05) is 13.2 Å². The van der Waals surface area contributed by atoms with Crippen LogP contribution in [0.25, 0.3) is 0 Å². The van der Waals surface area contributed by atoms with Gasteiger partial charge in [0.15, 0.2) is 0 Å². The van der Waals surface area contributed by atoms with Gasteiger partial charge in [-0.25, -0.2) is 4.79 Å². The highest BCUT2D eigenvalue weighted by Crippen LogP contribution is 2.23. The Labute approximate surface area is 87.2 Å². The molecule has 0 aromatic carbocycles. The van der Waals surface area contributed by atoms with Crippen LogP contribution in [0.1, 0.15) is 19.3 Å². The normalized spacial score (nSPS) is 31.9. The van der Waals surface area contributed by atoms with Gasteiger partial charge in [0, 0.05) is 13.0 Å². The molecule has 0 bridgehead atoms. The van der Waals surface area contributed by atoms with Crippen LogP contribution in [0.4, 0.5) is 4.79 Å². The molecule has 3 amide bonds. The van der Waals surface area contributed by atoms with Crippen LogP contribution in [0.2, 0.25) is 0 Å². The lowest BCUT2D eigenvalue weighted by Gasteiger charge is -2.31. The summed E-state index contributed by atoms with van der Waals surface area (Å²) in [6, 6.07) is -0.394. The largest absolute Gasteiger partial charge is 0.394 e. The topological polar surface area (TPSA) is 78.9 Å². The van der Waals surface area contributed by atoms with Crippen LogP contribution < -0.4 is 5.32 Å². The van der Waals surface area contributed by atoms with E-state index >= 15 is 0 Å². The van der Waals surface area contributed by atoms with Crippen LogP contribution in [0.5, 0.6) is 0 Å². The molecule has 2 aliphatic rings. The first-order valence-electron chi connectivity index (χ1n) is 5.07. The van der Waals surface area contributed by atoms with Crippen molar-refractivity contribution in [3.8, 4) is 0 Å². The van der Waals surface area contributed by atoms with E-state index in [0.717, 1.165) is 6.42 Å². The second kappa shape index (κ2) is 4.16. The number of carbonyl (C=O) groups is 2. The third kappa shape index (κ3) is 2.10. The molecule has 2 heterocycles. The lowest BCUT2D eigenvalue weighted by Crippen LogP contribution is -2.53. The second-order valence-electron chi connectivity index (χ2n) is 3.77. The highest BCUT2D eigenvalue weighted by Gasteiger charge is 2.35. The molecule has 2 atom stereocenters. The van der Waals surface area contributed by atoms with Crippen LogP contribution in [0.15, 0.2) is 0 Å². The van der Waals surface area contributed by atoms with Crippen molar-refractivity contribution < 1.29 is 19.4 Å². The number of hydrogen-bond acceptors (Lipinski definition) is 4. The summed E-state index contributed by atoms with van der Waals surface area (Å²) in [6.45, 7) is 0.373. The predicted octanol–water partition coefficient (Wildman–Crippen LogP) is -0.574. The Morgan fingerprint density at radius 2 is 2.27 bits per heavy atom. The Kier molecular flexibility index (Phi) is 2.88. The molecule has 2 rings (SSSR count). The first-order valence-corrected chi connectivity index (χ1v) is 5.07. The molecular formula is C9H14N2O4. The Morgan fingerprint density at radius 1 is 1.47 bits per heavy atom. The smallest absolute Gasteiger partial charge is 0.326 e. The van der Waals surface area contributed by atoms with E-state index in [-0.39, 0.29) is 24.8 Å². The lowest BCUT2D eigenvalue weighted by atomic mass is 10.2. The number of nitrogens with one attached hydrogen (secondary N) is 1. The molecule has 2 aliphatic heterocycles. The van der Waals surface area contributed by atoms with Gasteiger partial charge in [-0.05, 0) is 12.8 Å². The minimum atomic E-state index is -0.394. The Morgan fingerprint density at radius 3 is 2.87 bits per heavy atom. The van der Waals surface area contributed by atoms with Crippen molar-refractivity contribution >= 4 is 11.9 Å². The molecule has 0 saturated carbocycles. The molecule has 0 aliphatic carbocycles. The van der Waals surface area contributed by atoms with E-state index in [9.17, 15) is 9.59 Å². The predicted molar refractivity (Wildman–Crippen MR) is 49.8 cm³/mol. The quantitative estimate of drug-likeness (QED) is 0.645. The number of amides is 3. The van der Waals surface area contributed by atoms with Gasteiger partial charge >= 0.3 is 6.03 Å². The summed E-state index contributed by atoms with van der Waals surface area (Å²) in [5, 5.41) is 11.1. The van der Waals surface area contributed by atoms with Crippen LogP contribution in [0, 0.1) is 0 Å². The van der Waals surface area contributed by atoms with Gasteiger partial charge in [-0.2, -0.15) is 0 Å². The Hall–Kier alpha value is -1.14. The number of aliphatic hydroxyl groups is 1. The number of nitrogens with zero attached hydrogens (tertiary/aromatic N) is 1. The molecule has 2 saturated heterocycles. The summed E-state index contributed by atoms with van der Waals surface area (Å²) in [7, 11) is 0. The minimum Gasteiger partial charge on any atom is -0.394 e. The van der Waals surface area contributed by atoms with Crippen molar-refractivity contribution in [3.05, 3.63) is 0 Å². The van der Waals surface area contributed by atoms with E-state index < -0.39 is 6.03 Å². The van der Waals surface area contributed by atoms with E-state index in [1.54, 1.807) is 0 Å². The fraction of sp³-hybridized carbons (Fsp3) is 0.778. The third-order valence-electron chi connectivity index (χ3n) is 2.72. The number of ether oxygens (including phenoxy) is 1. The van der Waals surface area contributed by atoms with Gasteiger partial charge in [0.25, 0.3) is 0 Å². The van der Waals surface area contributed by atoms with Crippen molar-refractivity contribution in [1.29, 1.82) is 0 Å². The monoisotopic (exact) mass is 214 g/mol. The van der Waals surface area contributed by atoms with E-state index in [1.165, 1.54) is 4.90 Å². The Bertz CT molecular complexity index is 281. The zero-order valence-corrected chi connectivity index (χ0v) is 8.31. The van der Waals surface area contributed by atoms with E-state index in [1.807, 2.05) is 0 Å². The van der Waals surface area contributed by atoms with Gasteiger partial charge in [0.2, 0.25) is 5.91 Å². The number of carbonyl (C=O) groups excluding carboxylic acids is 2. The molecule has 0 unspecified atom stereocenters. The van der Waals surface area contributed by atoms with Crippen LogP contribution in [-0.2, 0) is 9.53 Å². The summed E-state index contributed by atoms with van der Waals surface area (Å²) in [5.41, 5.74) is 0. The average Bonchev–Trinajstić information content (AvgIpc) is 2.66. The zero-order chi connectivity index (χ0) is 10.8.